The van der Waals surface area contributed by atoms with Gasteiger partial charge in [0.25, 0.3) is 0 Å². The Kier molecular flexibility index (Phi) is 6.47. The van der Waals surface area contributed by atoms with Gasteiger partial charge in [-0.2, -0.15) is 0 Å². The molecule has 2 heterocycles. The number of nitrogen functional groups attached to an aromatic ring is 1. The molecule has 11 heteroatoms. The van der Waals surface area contributed by atoms with Crippen LogP contribution >= 0.6 is 34.7 Å². The predicted octanol–water partition coefficient (Wildman–Crippen LogP) is 3.95. The van der Waals surface area contributed by atoms with Crippen LogP contribution in [0.3, 0.4) is 0 Å². The summed E-state index contributed by atoms with van der Waals surface area (Å²) >= 11 is 7.81. The molecule has 3 aromatic rings. The van der Waals surface area contributed by atoms with Gasteiger partial charge in [0.05, 0.1) is 16.3 Å². The van der Waals surface area contributed by atoms with Crippen molar-refractivity contribution in [1.29, 1.82) is 0 Å². The van der Waals surface area contributed by atoms with E-state index in [1.165, 1.54) is 12.1 Å². The van der Waals surface area contributed by atoms with Gasteiger partial charge in [-0.15, -0.1) is 11.3 Å². The fourth-order valence-corrected chi connectivity index (χ4v) is 5.95. The second-order valence-electron chi connectivity index (χ2n) is 6.12. The highest BCUT2D eigenvalue weighted by Gasteiger charge is 2.24. The number of hydrogen-bond acceptors (Lipinski definition) is 8. The molecule has 0 aliphatic heterocycles. The van der Waals surface area contributed by atoms with Crippen LogP contribution in [0.15, 0.2) is 50.8 Å². The lowest BCUT2D eigenvalue weighted by atomic mass is 10.1. The number of aryl methyl sites for hydroxylation is 2. The Hall–Kier alpha value is -2.14. The van der Waals surface area contributed by atoms with Crippen LogP contribution in [0.5, 0.6) is 0 Å². The molecule has 29 heavy (non-hydrogen) atoms. The van der Waals surface area contributed by atoms with Gasteiger partial charge in [-0.25, -0.2) is 18.4 Å². The Morgan fingerprint density at radius 2 is 2.03 bits per heavy atom. The number of rotatable bonds is 6. The lowest BCUT2D eigenvalue weighted by Gasteiger charge is -2.09. The number of carbonyl (C=O) groups excluding carboxylic acids is 1. The SMILES string of the molecule is Cc1ccc(NC(=O)CSc2ncc(S(=O)(=O)c3ccc(Cl)s3)c(N)n2)c(C)c1. The van der Waals surface area contributed by atoms with Gasteiger partial charge in [0, 0.05) is 5.69 Å². The number of thioether (sulfide) groups is 1. The van der Waals surface area contributed by atoms with E-state index >= 15 is 0 Å². The van der Waals surface area contributed by atoms with Crippen molar-refractivity contribution in [3.63, 3.8) is 0 Å². The maximum Gasteiger partial charge on any atom is 0.234 e. The van der Waals surface area contributed by atoms with Crippen LogP contribution in [0.4, 0.5) is 11.5 Å². The number of nitrogens with two attached hydrogens (primary N) is 1. The van der Waals surface area contributed by atoms with E-state index in [0.717, 1.165) is 46.1 Å². The van der Waals surface area contributed by atoms with E-state index in [9.17, 15) is 13.2 Å². The van der Waals surface area contributed by atoms with Gasteiger partial charge in [0.15, 0.2) is 5.16 Å². The monoisotopic (exact) mass is 468 g/mol. The van der Waals surface area contributed by atoms with Crippen LogP contribution in [0.2, 0.25) is 4.34 Å². The molecule has 0 radical (unpaired) electrons. The Morgan fingerprint density at radius 3 is 2.66 bits per heavy atom. The first-order valence-electron chi connectivity index (χ1n) is 8.29. The summed E-state index contributed by atoms with van der Waals surface area (Å²) in [5.41, 5.74) is 8.65. The summed E-state index contributed by atoms with van der Waals surface area (Å²) in [7, 11) is -3.85. The summed E-state index contributed by atoms with van der Waals surface area (Å²) < 4.78 is 25.7. The molecular formula is C18H17ClN4O3S3. The average Bonchev–Trinajstić information content (AvgIpc) is 3.09. The Balaban J connectivity index is 1.68. The molecule has 0 unspecified atom stereocenters. The fourth-order valence-electron chi connectivity index (χ4n) is 2.46. The molecule has 0 fully saturated rings. The zero-order valence-electron chi connectivity index (χ0n) is 15.5. The zero-order valence-corrected chi connectivity index (χ0v) is 18.7. The first kappa shape index (κ1) is 21.6. The van der Waals surface area contributed by atoms with Gasteiger partial charge in [-0.05, 0) is 37.6 Å². The number of benzene rings is 1. The number of thiophene rings is 1. The van der Waals surface area contributed by atoms with Crippen molar-refractivity contribution in [3.05, 3.63) is 52.0 Å². The molecule has 1 amide bonds. The van der Waals surface area contributed by atoms with E-state index < -0.39 is 9.84 Å². The summed E-state index contributed by atoms with van der Waals surface area (Å²) in [6.07, 6.45) is 1.15. The molecule has 3 N–H and O–H groups in total. The van der Waals surface area contributed by atoms with E-state index in [-0.39, 0.29) is 31.7 Å². The number of amides is 1. The quantitative estimate of drug-likeness (QED) is 0.415. The van der Waals surface area contributed by atoms with Crippen molar-refractivity contribution in [1.82, 2.24) is 9.97 Å². The summed E-state index contributed by atoms with van der Waals surface area (Å²) in [5, 5.41) is 3.04. The van der Waals surface area contributed by atoms with Crippen molar-refractivity contribution in [2.45, 2.75) is 28.1 Å². The second-order valence-corrected chi connectivity index (χ2v) is 10.9. The van der Waals surface area contributed by atoms with Crippen molar-refractivity contribution < 1.29 is 13.2 Å². The largest absolute Gasteiger partial charge is 0.382 e. The molecule has 152 valence electrons. The average molecular weight is 469 g/mol. The zero-order chi connectivity index (χ0) is 21.2. The topological polar surface area (TPSA) is 115 Å². The highest BCUT2D eigenvalue weighted by molar-refractivity contribution is 7.99. The predicted molar refractivity (Wildman–Crippen MR) is 116 cm³/mol. The van der Waals surface area contributed by atoms with Crippen molar-refractivity contribution in [2.24, 2.45) is 0 Å². The lowest BCUT2D eigenvalue weighted by molar-refractivity contribution is -0.113. The number of anilines is 2. The van der Waals surface area contributed by atoms with Crippen molar-refractivity contribution in [3.8, 4) is 0 Å². The normalized spacial score (nSPS) is 11.4. The van der Waals surface area contributed by atoms with Crippen LogP contribution < -0.4 is 11.1 Å². The molecule has 2 aromatic heterocycles. The molecule has 0 atom stereocenters. The van der Waals surface area contributed by atoms with Crippen LogP contribution in [-0.2, 0) is 14.6 Å². The number of aromatic nitrogens is 2. The van der Waals surface area contributed by atoms with Crippen LogP contribution in [-0.4, -0.2) is 30.0 Å². The third-order valence-electron chi connectivity index (χ3n) is 3.85. The third kappa shape index (κ3) is 5.08. The van der Waals surface area contributed by atoms with Gasteiger partial charge < -0.3 is 11.1 Å². The van der Waals surface area contributed by atoms with E-state index in [2.05, 4.69) is 15.3 Å². The summed E-state index contributed by atoms with van der Waals surface area (Å²) in [4.78, 5) is 20.1. The minimum atomic E-state index is -3.85. The number of hydrogen-bond donors (Lipinski definition) is 2. The van der Waals surface area contributed by atoms with Crippen molar-refractivity contribution >= 4 is 61.9 Å². The first-order valence-corrected chi connectivity index (χ1v) is 12.0. The Morgan fingerprint density at radius 1 is 1.28 bits per heavy atom. The molecule has 0 spiro atoms. The van der Waals surface area contributed by atoms with Gasteiger partial charge in [0.1, 0.15) is 14.9 Å². The third-order valence-corrected chi connectivity index (χ3v) is 8.21. The summed E-state index contributed by atoms with van der Waals surface area (Å²) in [6.45, 7) is 3.90. The molecule has 3 rings (SSSR count). The number of sulfone groups is 1. The van der Waals surface area contributed by atoms with E-state index in [1.807, 2.05) is 32.0 Å². The highest BCUT2D eigenvalue weighted by atomic mass is 35.5. The van der Waals surface area contributed by atoms with Crippen LogP contribution in [0, 0.1) is 13.8 Å². The lowest BCUT2D eigenvalue weighted by Crippen LogP contribution is -2.15. The second kappa shape index (κ2) is 8.70. The van der Waals surface area contributed by atoms with Crippen LogP contribution in [0.1, 0.15) is 11.1 Å². The number of halogens is 1. The van der Waals surface area contributed by atoms with Gasteiger partial charge in [-0.3, -0.25) is 4.79 Å². The Labute approximate surface area is 181 Å². The van der Waals surface area contributed by atoms with Gasteiger partial charge >= 0.3 is 0 Å². The maximum atomic E-state index is 12.6. The minimum absolute atomic E-state index is 0.0549. The van der Waals surface area contributed by atoms with E-state index in [1.54, 1.807) is 0 Å². The summed E-state index contributed by atoms with van der Waals surface area (Å²) in [6, 6.07) is 8.64. The Bertz CT molecular complexity index is 1180. The molecule has 0 saturated carbocycles. The number of nitrogens with zero attached hydrogens (tertiary/aromatic N) is 2. The molecule has 1 aromatic carbocycles. The first-order chi connectivity index (χ1) is 13.7. The molecule has 0 saturated heterocycles. The molecule has 0 aliphatic rings. The van der Waals surface area contributed by atoms with E-state index in [0.29, 0.717) is 4.34 Å². The molecule has 7 nitrogen and oxygen atoms in total. The van der Waals surface area contributed by atoms with E-state index in [4.69, 9.17) is 17.3 Å². The standard InChI is InChI=1S/C18H17ClN4O3S3/c1-10-3-4-12(11(2)7-10)22-15(24)9-27-18-21-8-13(17(20)23-18)29(25,26)16-6-5-14(19)28-16/h3-8H,9H2,1-2H3,(H,22,24)(H2,20,21,23). The van der Waals surface area contributed by atoms with Gasteiger partial charge in [-0.1, -0.05) is 41.1 Å². The van der Waals surface area contributed by atoms with Crippen molar-refractivity contribution in [2.75, 3.05) is 16.8 Å². The maximum absolute atomic E-state index is 12.6. The number of nitrogens with one attached hydrogen (secondary N) is 1. The fraction of sp³-hybridized carbons (Fsp3) is 0.167. The summed E-state index contributed by atoms with van der Waals surface area (Å²) in [5.74, 6) is -0.352. The van der Waals surface area contributed by atoms with Crippen LogP contribution in [0.25, 0.3) is 0 Å². The minimum Gasteiger partial charge on any atom is -0.382 e. The molecular weight excluding hydrogens is 452 g/mol. The highest BCUT2D eigenvalue weighted by Crippen LogP contribution is 2.32. The molecule has 0 bridgehead atoms. The molecule has 0 aliphatic carbocycles. The van der Waals surface area contributed by atoms with Gasteiger partial charge in [0.2, 0.25) is 15.7 Å². The number of carbonyl (C=O) groups is 1. The smallest absolute Gasteiger partial charge is 0.234 e.